The zero-order valence-corrected chi connectivity index (χ0v) is 12.5. The van der Waals surface area contributed by atoms with Gasteiger partial charge in [0.15, 0.2) is 5.65 Å². The van der Waals surface area contributed by atoms with Crippen LogP contribution in [0.4, 0.5) is 0 Å². The van der Waals surface area contributed by atoms with Crippen molar-refractivity contribution in [3.05, 3.63) is 67.4 Å². The average molecular weight is 302 g/mol. The molecule has 0 N–H and O–H groups in total. The van der Waals surface area contributed by atoms with Gasteiger partial charge in [-0.25, -0.2) is 9.50 Å². The zero-order valence-electron chi connectivity index (χ0n) is 12.5. The Kier molecular flexibility index (Phi) is 3.24. The Morgan fingerprint density at radius 1 is 0.870 bits per heavy atom. The number of fused-ring (bicyclic) bond motifs is 1. The smallest absolute Gasteiger partial charge is 0.162 e. The lowest BCUT2D eigenvalue weighted by Gasteiger charge is -2.04. The topological polar surface area (TPSA) is 52.3 Å². The summed E-state index contributed by atoms with van der Waals surface area (Å²) in [6, 6.07) is 11.8. The molecule has 5 nitrogen and oxygen atoms in total. The minimum atomic E-state index is 0.827. The minimum absolute atomic E-state index is 0.827. The fraction of sp³-hybridized carbons (Fsp3) is 0.0556. The number of benzene rings is 1. The first kappa shape index (κ1) is 13.5. The highest BCUT2D eigenvalue weighted by Crippen LogP contribution is 2.26. The number of rotatable bonds is 3. The number of hydrogen-bond acceptors (Lipinski definition) is 4. The first-order valence-electron chi connectivity index (χ1n) is 7.23. The third kappa shape index (κ3) is 2.42. The summed E-state index contributed by atoms with van der Waals surface area (Å²) in [5.41, 5.74) is 4.95. The Bertz CT molecular complexity index is 946. The standard InChI is InChI=1S/C18H14N4O/c1-23-16-4-2-14(3-5-16)17-11-21-22-12-15(10-20-18(17)22)13-6-8-19-9-7-13/h2-12H,1H3. The second kappa shape index (κ2) is 5.53. The van der Waals surface area contributed by atoms with Crippen molar-refractivity contribution in [1.82, 2.24) is 19.6 Å². The van der Waals surface area contributed by atoms with E-state index in [-0.39, 0.29) is 0 Å². The highest BCUT2D eigenvalue weighted by atomic mass is 16.5. The van der Waals surface area contributed by atoms with Gasteiger partial charge >= 0.3 is 0 Å². The van der Waals surface area contributed by atoms with Crippen molar-refractivity contribution in [3.8, 4) is 28.0 Å². The molecule has 0 bridgehead atoms. The third-order valence-corrected chi connectivity index (χ3v) is 3.77. The van der Waals surface area contributed by atoms with Crippen LogP contribution in [-0.2, 0) is 0 Å². The molecule has 5 heteroatoms. The van der Waals surface area contributed by atoms with Crippen molar-refractivity contribution in [2.45, 2.75) is 0 Å². The summed E-state index contributed by atoms with van der Waals surface area (Å²) in [6.07, 6.45) is 9.21. The van der Waals surface area contributed by atoms with E-state index >= 15 is 0 Å². The number of ether oxygens (including phenoxy) is 1. The lowest BCUT2D eigenvalue weighted by Crippen LogP contribution is -1.92. The number of methoxy groups -OCH3 is 1. The molecule has 0 spiro atoms. The van der Waals surface area contributed by atoms with Crippen LogP contribution in [-0.4, -0.2) is 26.7 Å². The molecule has 4 aromatic rings. The SMILES string of the molecule is COc1ccc(-c2cnn3cc(-c4ccncc4)cnc23)cc1. The molecule has 0 aliphatic rings. The van der Waals surface area contributed by atoms with Crippen LogP contribution in [0, 0.1) is 0 Å². The summed E-state index contributed by atoms with van der Waals surface area (Å²) in [7, 11) is 1.66. The minimum Gasteiger partial charge on any atom is -0.497 e. The molecule has 112 valence electrons. The maximum absolute atomic E-state index is 5.20. The van der Waals surface area contributed by atoms with Gasteiger partial charge < -0.3 is 4.74 Å². The molecule has 3 aromatic heterocycles. The monoisotopic (exact) mass is 302 g/mol. The highest BCUT2D eigenvalue weighted by Gasteiger charge is 2.09. The zero-order chi connectivity index (χ0) is 15.6. The fourth-order valence-electron chi connectivity index (χ4n) is 2.54. The van der Waals surface area contributed by atoms with Gasteiger partial charge in [0.1, 0.15) is 5.75 Å². The first-order chi connectivity index (χ1) is 11.3. The molecular formula is C18H14N4O. The van der Waals surface area contributed by atoms with E-state index in [2.05, 4.69) is 15.1 Å². The number of aromatic nitrogens is 4. The van der Waals surface area contributed by atoms with Gasteiger partial charge in [-0.1, -0.05) is 12.1 Å². The molecule has 4 rings (SSSR count). The summed E-state index contributed by atoms with van der Waals surface area (Å²) in [5, 5.41) is 4.43. The second-order valence-electron chi connectivity index (χ2n) is 5.13. The summed E-state index contributed by atoms with van der Waals surface area (Å²) >= 11 is 0. The van der Waals surface area contributed by atoms with Crippen molar-refractivity contribution in [1.29, 1.82) is 0 Å². The summed E-state index contributed by atoms with van der Waals surface area (Å²) in [6.45, 7) is 0. The molecule has 1 aromatic carbocycles. The van der Waals surface area contributed by atoms with E-state index in [1.54, 1.807) is 24.0 Å². The van der Waals surface area contributed by atoms with Gasteiger partial charge in [-0.2, -0.15) is 5.10 Å². The van der Waals surface area contributed by atoms with Crippen LogP contribution in [0.1, 0.15) is 0 Å². The van der Waals surface area contributed by atoms with Crippen LogP contribution in [0.2, 0.25) is 0 Å². The Morgan fingerprint density at radius 2 is 1.65 bits per heavy atom. The molecule has 0 aliphatic heterocycles. The van der Waals surface area contributed by atoms with E-state index in [0.29, 0.717) is 0 Å². The van der Waals surface area contributed by atoms with Crippen molar-refractivity contribution in [3.63, 3.8) is 0 Å². The number of hydrogen-bond donors (Lipinski definition) is 0. The lowest BCUT2D eigenvalue weighted by atomic mass is 10.1. The van der Waals surface area contributed by atoms with E-state index in [0.717, 1.165) is 33.7 Å². The fourth-order valence-corrected chi connectivity index (χ4v) is 2.54. The maximum Gasteiger partial charge on any atom is 0.162 e. The van der Waals surface area contributed by atoms with E-state index in [9.17, 15) is 0 Å². The highest BCUT2D eigenvalue weighted by molar-refractivity contribution is 5.78. The van der Waals surface area contributed by atoms with Gasteiger partial charge in [-0.3, -0.25) is 4.98 Å². The quantitative estimate of drug-likeness (QED) is 0.581. The van der Waals surface area contributed by atoms with E-state index in [4.69, 9.17) is 4.74 Å². The van der Waals surface area contributed by atoms with E-state index in [1.807, 2.05) is 55.0 Å². The summed E-state index contributed by atoms with van der Waals surface area (Å²) in [4.78, 5) is 8.62. The largest absolute Gasteiger partial charge is 0.497 e. The molecular weight excluding hydrogens is 288 g/mol. The third-order valence-electron chi connectivity index (χ3n) is 3.77. The molecule has 0 saturated carbocycles. The van der Waals surface area contributed by atoms with Gasteiger partial charge in [0.05, 0.1) is 13.3 Å². The van der Waals surface area contributed by atoms with Crippen molar-refractivity contribution in [2.24, 2.45) is 0 Å². The molecule has 0 fully saturated rings. The van der Waals surface area contributed by atoms with Crippen LogP contribution in [0.25, 0.3) is 27.9 Å². The van der Waals surface area contributed by atoms with Crippen LogP contribution < -0.4 is 4.74 Å². The second-order valence-corrected chi connectivity index (χ2v) is 5.13. The van der Waals surface area contributed by atoms with Gasteiger partial charge in [0.2, 0.25) is 0 Å². The van der Waals surface area contributed by atoms with Crippen molar-refractivity contribution < 1.29 is 4.74 Å². The predicted octanol–water partition coefficient (Wildman–Crippen LogP) is 3.47. The number of nitrogens with zero attached hydrogens (tertiary/aromatic N) is 4. The molecule has 3 heterocycles. The van der Waals surface area contributed by atoms with Gasteiger partial charge in [0, 0.05) is 35.9 Å². The predicted molar refractivity (Wildman–Crippen MR) is 88.2 cm³/mol. The van der Waals surface area contributed by atoms with Crippen LogP contribution in [0.5, 0.6) is 5.75 Å². The van der Waals surface area contributed by atoms with Gasteiger partial charge in [-0.15, -0.1) is 0 Å². The number of pyridine rings is 1. The molecule has 0 unspecified atom stereocenters. The average Bonchev–Trinajstić information content (AvgIpc) is 3.05. The normalized spacial score (nSPS) is 10.8. The van der Waals surface area contributed by atoms with Gasteiger partial charge in [0.25, 0.3) is 0 Å². The van der Waals surface area contributed by atoms with E-state index in [1.165, 1.54) is 0 Å². The molecule has 0 amide bonds. The first-order valence-corrected chi connectivity index (χ1v) is 7.23. The van der Waals surface area contributed by atoms with E-state index < -0.39 is 0 Å². The molecule has 23 heavy (non-hydrogen) atoms. The Balaban J connectivity index is 1.78. The maximum atomic E-state index is 5.20. The van der Waals surface area contributed by atoms with Crippen molar-refractivity contribution >= 4 is 5.65 Å². The Morgan fingerprint density at radius 3 is 2.39 bits per heavy atom. The summed E-state index contributed by atoms with van der Waals surface area (Å²) < 4.78 is 7.00. The van der Waals surface area contributed by atoms with Gasteiger partial charge in [-0.05, 0) is 35.4 Å². The Labute approximate surface area is 133 Å². The van der Waals surface area contributed by atoms with Crippen LogP contribution in [0.3, 0.4) is 0 Å². The lowest BCUT2D eigenvalue weighted by molar-refractivity contribution is 0.415. The summed E-state index contributed by atoms with van der Waals surface area (Å²) in [5.74, 6) is 0.832. The van der Waals surface area contributed by atoms with Crippen molar-refractivity contribution in [2.75, 3.05) is 7.11 Å². The molecule has 0 aliphatic carbocycles. The molecule has 0 radical (unpaired) electrons. The molecule has 0 atom stereocenters. The molecule has 0 saturated heterocycles. The van der Waals surface area contributed by atoms with Crippen LogP contribution in [0.15, 0.2) is 67.4 Å². The van der Waals surface area contributed by atoms with Crippen LogP contribution >= 0.6 is 0 Å². The Hall–Kier alpha value is -3.21.